The number of hydrogen-bond acceptors (Lipinski definition) is 2. The molecule has 11 heavy (non-hydrogen) atoms. The lowest BCUT2D eigenvalue weighted by Crippen LogP contribution is -2.23. The van der Waals surface area contributed by atoms with Crippen molar-refractivity contribution in [2.75, 3.05) is 0 Å². The first kappa shape index (κ1) is 7.72. The molecule has 1 heterocycles. The van der Waals surface area contributed by atoms with Crippen LogP contribution in [0.4, 0.5) is 0 Å². The molecule has 0 aliphatic rings. The van der Waals surface area contributed by atoms with Crippen molar-refractivity contribution in [2.24, 2.45) is 0 Å². The van der Waals surface area contributed by atoms with E-state index in [1.54, 1.807) is 19.2 Å². The van der Waals surface area contributed by atoms with Crippen molar-refractivity contribution in [1.29, 1.82) is 10.8 Å². The summed E-state index contributed by atoms with van der Waals surface area (Å²) in [6.45, 7) is 3.59. The third kappa shape index (κ3) is 1.55. The number of nitrogens with zero attached hydrogens (tertiary/aromatic N) is 1. The fourth-order valence-electron chi connectivity index (χ4n) is 0.898. The third-order valence-corrected chi connectivity index (χ3v) is 1.47. The summed E-state index contributed by atoms with van der Waals surface area (Å²) in [4.78, 5) is 0. The van der Waals surface area contributed by atoms with Crippen LogP contribution in [0.1, 0.15) is 12.5 Å². The van der Waals surface area contributed by atoms with Crippen LogP contribution in [0.15, 0.2) is 18.3 Å². The zero-order chi connectivity index (χ0) is 8.43. The summed E-state index contributed by atoms with van der Waals surface area (Å²) in [7, 11) is 0. The van der Waals surface area contributed by atoms with E-state index < -0.39 is 0 Å². The number of aromatic nitrogens is 1. The summed E-state index contributed by atoms with van der Waals surface area (Å²) < 4.78 is 1.52. The molecule has 3 heteroatoms. The van der Waals surface area contributed by atoms with Gasteiger partial charge in [-0.15, -0.1) is 0 Å². The van der Waals surface area contributed by atoms with E-state index in [9.17, 15) is 0 Å². The van der Waals surface area contributed by atoms with Crippen LogP contribution in [0.25, 0.3) is 0 Å². The lowest BCUT2D eigenvalue weighted by molar-refractivity contribution is 0.951. The van der Waals surface area contributed by atoms with Gasteiger partial charge in [0.25, 0.3) is 0 Å². The van der Waals surface area contributed by atoms with Crippen molar-refractivity contribution in [3.8, 4) is 0 Å². The normalized spacial score (nSPS) is 9.64. The van der Waals surface area contributed by atoms with E-state index in [4.69, 9.17) is 10.8 Å². The molecule has 1 aromatic rings. The van der Waals surface area contributed by atoms with Crippen LogP contribution in [0.2, 0.25) is 0 Å². The van der Waals surface area contributed by atoms with Crippen LogP contribution in [0.3, 0.4) is 0 Å². The highest BCUT2D eigenvalue weighted by Gasteiger charge is 1.92. The van der Waals surface area contributed by atoms with Gasteiger partial charge in [0.2, 0.25) is 0 Å². The summed E-state index contributed by atoms with van der Waals surface area (Å²) in [5.74, 6) is 0.370. The first-order chi connectivity index (χ1) is 5.11. The van der Waals surface area contributed by atoms with E-state index in [-0.39, 0.29) is 0 Å². The number of aryl methyl sites for hydroxylation is 1. The number of nitrogens with one attached hydrogen (secondary N) is 2. The van der Waals surface area contributed by atoms with E-state index in [0.29, 0.717) is 11.3 Å². The van der Waals surface area contributed by atoms with Gasteiger partial charge in [-0.25, -0.2) is 0 Å². The molecule has 0 radical (unpaired) electrons. The minimum atomic E-state index is 0.359. The fraction of sp³-hybridized carbons (Fsp3) is 0.250. The largest absolute Gasteiger partial charge is 0.291 e. The van der Waals surface area contributed by atoms with Gasteiger partial charge in [0.1, 0.15) is 11.3 Å². The second-order valence-electron chi connectivity index (χ2n) is 2.54. The van der Waals surface area contributed by atoms with Crippen LogP contribution in [-0.4, -0.2) is 10.4 Å². The zero-order valence-corrected chi connectivity index (χ0v) is 6.68. The van der Waals surface area contributed by atoms with Gasteiger partial charge in [-0.1, -0.05) is 0 Å². The Morgan fingerprint density at radius 1 is 1.55 bits per heavy atom. The maximum absolute atomic E-state index is 7.46. The molecule has 0 saturated heterocycles. The van der Waals surface area contributed by atoms with E-state index in [0.717, 1.165) is 5.56 Å². The van der Waals surface area contributed by atoms with Crippen LogP contribution < -0.4 is 5.49 Å². The molecular formula is C8H11N3. The highest BCUT2D eigenvalue weighted by atomic mass is 15.0. The molecule has 0 aromatic carbocycles. The van der Waals surface area contributed by atoms with Gasteiger partial charge in [-0.05, 0) is 31.5 Å². The summed E-state index contributed by atoms with van der Waals surface area (Å²) in [6, 6.07) is 3.62. The maximum Gasteiger partial charge on any atom is 0.130 e. The first-order valence-electron chi connectivity index (χ1n) is 3.40. The number of rotatable bonds is 0. The van der Waals surface area contributed by atoms with Crippen molar-refractivity contribution < 1.29 is 0 Å². The summed E-state index contributed by atoms with van der Waals surface area (Å²) >= 11 is 0. The molecule has 0 spiro atoms. The van der Waals surface area contributed by atoms with Gasteiger partial charge in [-0.3, -0.25) is 15.4 Å². The SMILES string of the molecule is CC(=N)n1ccc(C)cc1=N. The lowest BCUT2D eigenvalue weighted by Gasteiger charge is -2.03. The Hall–Kier alpha value is -1.38. The van der Waals surface area contributed by atoms with Crippen molar-refractivity contribution in [3.05, 3.63) is 29.4 Å². The molecule has 58 valence electrons. The van der Waals surface area contributed by atoms with Gasteiger partial charge in [0, 0.05) is 6.20 Å². The molecule has 3 nitrogen and oxygen atoms in total. The minimum absolute atomic E-state index is 0.359. The Bertz CT molecular complexity index is 335. The quantitative estimate of drug-likeness (QED) is 0.410. The van der Waals surface area contributed by atoms with Gasteiger partial charge in [-0.2, -0.15) is 0 Å². The second kappa shape index (κ2) is 2.70. The maximum atomic E-state index is 7.46. The molecule has 0 fully saturated rings. The van der Waals surface area contributed by atoms with Gasteiger partial charge >= 0.3 is 0 Å². The molecular weight excluding hydrogens is 138 g/mol. The summed E-state index contributed by atoms with van der Waals surface area (Å²) in [5, 5.41) is 14.8. The third-order valence-electron chi connectivity index (χ3n) is 1.47. The smallest absolute Gasteiger partial charge is 0.130 e. The number of hydrogen-bond donors (Lipinski definition) is 2. The summed E-state index contributed by atoms with van der Waals surface area (Å²) in [5.41, 5.74) is 1.41. The molecule has 0 aliphatic heterocycles. The average Bonchev–Trinajstić information content (AvgIpc) is 1.85. The molecule has 0 amide bonds. The van der Waals surface area contributed by atoms with Crippen molar-refractivity contribution >= 4 is 5.84 Å². The van der Waals surface area contributed by atoms with E-state index in [1.165, 1.54) is 4.57 Å². The van der Waals surface area contributed by atoms with Gasteiger partial charge in [0.05, 0.1) is 0 Å². The van der Waals surface area contributed by atoms with Crippen LogP contribution in [-0.2, 0) is 0 Å². The van der Waals surface area contributed by atoms with E-state index in [2.05, 4.69) is 0 Å². The predicted molar refractivity (Wildman–Crippen MR) is 43.8 cm³/mol. The van der Waals surface area contributed by atoms with E-state index >= 15 is 0 Å². The van der Waals surface area contributed by atoms with Crippen molar-refractivity contribution in [3.63, 3.8) is 0 Å². The average molecular weight is 149 g/mol. The summed E-state index contributed by atoms with van der Waals surface area (Å²) in [6.07, 6.45) is 1.74. The second-order valence-corrected chi connectivity index (χ2v) is 2.54. The highest BCUT2D eigenvalue weighted by molar-refractivity contribution is 5.78. The number of pyridine rings is 1. The molecule has 1 aromatic heterocycles. The molecule has 1 rings (SSSR count). The van der Waals surface area contributed by atoms with Gasteiger partial charge in [0.15, 0.2) is 0 Å². The van der Waals surface area contributed by atoms with E-state index in [1.807, 2.05) is 13.0 Å². The molecule has 0 bridgehead atoms. The monoisotopic (exact) mass is 149 g/mol. The highest BCUT2D eigenvalue weighted by Crippen LogP contribution is 1.89. The predicted octanol–water partition coefficient (Wildman–Crippen LogP) is 1.12. The van der Waals surface area contributed by atoms with Crippen LogP contribution >= 0.6 is 0 Å². The lowest BCUT2D eigenvalue weighted by atomic mass is 10.3. The zero-order valence-electron chi connectivity index (χ0n) is 6.68. The molecule has 0 saturated carbocycles. The Morgan fingerprint density at radius 3 is 2.64 bits per heavy atom. The first-order valence-corrected chi connectivity index (χ1v) is 3.40. The fourth-order valence-corrected chi connectivity index (χ4v) is 0.898. The van der Waals surface area contributed by atoms with Crippen molar-refractivity contribution in [2.45, 2.75) is 13.8 Å². The van der Waals surface area contributed by atoms with Crippen LogP contribution in [0, 0.1) is 17.7 Å². The molecule has 0 unspecified atom stereocenters. The molecule has 0 atom stereocenters. The Morgan fingerprint density at radius 2 is 2.18 bits per heavy atom. The molecule has 2 N–H and O–H groups in total. The van der Waals surface area contributed by atoms with Gasteiger partial charge < -0.3 is 0 Å². The Kier molecular flexibility index (Phi) is 1.89. The molecule has 0 aliphatic carbocycles. The van der Waals surface area contributed by atoms with Crippen LogP contribution in [0.5, 0.6) is 0 Å². The topological polar surface area (TPSA) is 52.6 Å². The minimum Gasteiger partial charge on any atom is -0.291 e. The van der Waals surface area contributed by atoms with Crippen molar-refractivity contribution in [1.82, 2.24) is 4.57 Å². The Labute approximate surface area is 65.3 Å². The Balaban J connectivity index is 3.32. The standard InChI is InChI=1S/C8H11N3/c1-6-3-4-11(7(2)9)8(10)5-6/h3-5,9-10H,1-2H3.